The molecule has 0 spiro atoms. The molecule has 0 radical (unpaired) electrons. The highest BCUT2D eigenvalue weighted by Gasteiger charge is 2.19. The maximum absolute atomic E-state index is 13.1. The molecule has 0 bridgehead atoms. The average molecular weight is 392 g/mol. The smallest absolute Gasteiger partial charge is 0.242 e. The molecule has 29 heavy (non-hydrogen) atoms. The SMILES string of the molecule is CCCN(CCC)C(=O)Cn1c(-c2ccc(C(C)(C)C)cc2)nc2ccccc21. The third-order valence-electron chi connectivity index (χ3n) is 5.30. The normalized spacial score (nSPS) is 11.8. The summed E-state index contributed by atoms with van der Waals surface area (Å²) in [6.45, 7) is 12.8. The summed E-state index contributed by atoms with van der Waals surface area (Å²) in [5, 5.41) is 0. The molecule has 154 valence electrons. The van der Waals surface area contributed by atoms with E-state index in [-0.39, 0.29) is 11.3 Å². The highest BCUT2D eigenvalue weighted by molar-refractivity contribution is 5.84. The average Bonchev–Trinajstić information content (AvgIpc) is 3.06. The molecule has 0 saturated heterocycles. The van der Waals surface area contributed by atoms with Crippen molar-refractivity contribution in [1.82, 2.24) is 14.5 Å². The largest absolute Gasteiger partial charge is 0.341 e. The summed E-state index contributed by atoms with van der Waals surface area (Å²) in [5.74, 6) is 1.01. The van der Waals surface area contributed by atoms with E-state index < -0.39 is 0 Å². The molecule has 3 rings (SSSR count). The van der Waals surface area contributed by atoms with Crippen molar-refractivity contribution in [3.63, 3.8) is 0 Å². The Kier molecular flexibility index (Phi) is 6.41. The van der Waals surface area contributed by atoms with Crippen LogP contribution in [0.4, 0.5) is 0 Å². The lowest BCUT2D eigenvalue weighted by atomic mass is 9.87. The van der Waals surface area contributed by atoms with E-state index in [1.54, 1.807) is 0 Å². The molecule has 1 aromatic heterocycles. The standard InChI is InChI=1S/C25H33N3O/c1-6-16-27(17-7-2)23(29)18-28-22-11-9-8-10-21(22)26-24(28)19-12-14-20(15-13-19)25(3,4)5/h8-15H,6-7,16-18H2,1-5H3. The summed E-state index contributed by atoms with van der Waals surface area (Å²) < 4.78 is 2.07. The maximum Gasteiger partial charge on any atom is 0.242 e. The van der Waals surface area contributed by atoms with Crippen LogP contribution in [0.25, 0.3) is 22.4 Å². The van der Waals surface area contributed by atoms with E-state index in [9.17, 15) is 4.79 Å². The van der Waals surface area contributed by atoms with E-state index in [0.29, 0.717) is 6.54 Å². The van der Waals surface area contributed by atoms with Crippen LogP contribution in [0, 0.1) is 0 Å². The Bertz CT molecular complexity index is 958. The van der Waals surface area contributed by atoms with E-state index >= 15 is 0 Å². The highest BCUT2D eigenvalue weighted by Crippen LogP contribution is 2.28. The van der Waals surface area contributed by atoms with E-state index in [1.165, 1.54) is 5.56 Å². The monoisotopic (exact) mass is 391 g/mol. The van der Waals surface area contributed by atoms with Crippen LogP contribution < -0.4 is 0 Å². The molecule has 2 aromatic carbocycles. The van der Waals surface area contributed by atoms with Crippen molar-refractivity contribution in [2.75, 3.05) is 13.1 Å². The predicted molar refractivity (Wildman–Crippen MR) is 121 cm³/mol. The molecule has 3 aromatic rings. The van der Waals surface area contributed by atoms with Gasteiger partial charge in [0.25, 0.3) is 0 Å². The van der Waals surface area contributed by atoms with Crippen molar-refractivity contribution in [2.24, 2.45) is 0 Å². The number of fused-ring (bicyclic) bond motifs is 1. The molecular weight excluding hydrogens is 358 g/mol. The van der Waals surface area contributed by atoms with Crippen LogP contribution in [-0.2, 0) is 16.8 Å². The first-order valence-electron chi connectivity index (χ1n) is 10.7. The van der Waals surface area contributed by atoms with Crippen LogP contribution in [0.2, 0.25) is 0 Å². The molecule has 4 heteroatoms. The molecule has 1 amide bonds. The van der Waals surface area contributed by atoms with Gasteiger partial charge in [0.05, 0.1) is 11.0 Å². The van der Waals surface area contributed by atoms with Gasteiger partial charge >= 0.3 is 0 Å². The number of hydrogen-bond donors (Lipinski definition) is 0. The third-order valence-corrected chi connectivity index (χ3v) is 5.30. The Morgan fingerprint density at radius 2 is 1.59 bits per heavy atom. The fourth-order valence-corrected chi connectivity index (χ4v) is 3.71. The van der Waals surface area contributed by atoms with Gasteiger partial charge in [-0.05, 0) is 36.0 Å². The minimum Gasteiger partial charge on any atom is -0.341 e. The van der Waals surface area contributed by atoms with Gasteiger partial charge in [-0.2, -0.15) is 0 Å². The number of nitrogens with zero attached hydrogens (tertiary/aromatic N) is 3. The molecule has 0 aliphatic rings. The third kappa shape index (κ3) is 4.69. The second-order valence-corrected chi connectivity index (χ2v) is 8.72. The molecule has 4 nitrogen and oxygen atoms in total. The predicted octanol–water partition coefficient (Wildman–Crippen LogP) is 5.65. The van der Waals surface area contributed by atoms with Crippen molar-refractivity contribution in [2.45, 2.75) is 59.4 Å². The zero-order valence-electron chi connectivity index (χ0n) is 18.4. The minimum atomic E-state index is 0.107. The number of carbonyl (C=O) groups excluding carboxylic acids is 1. The van der Waals surface area contributed by atoms with E-state index in [4.69, 9.17) is 4.98 Å². The Labute approximate surface area is 174 Å². The molecule has 0 unspecified atom stereocenters. The molecular formula is C25H33N3O. The zero-order chi connectivity index (χ0) is 21.0. The first-order valence-corrected chi connectivity index (χ1v) is 10.7. The topological polar surface area (TPSA) is 38.1 Å². The summed E-state index contributed by atoms with van der Waals surface area (Å²) >= 11 is 0. The number of aromatic nitrogens is 2. The Balaban J connectivity index is 2.01. The molecule has 0 aliphatic carbocycles. The Morgan fingerprint density at radius 1 is 0.966 bits per heavy atom. The van der Waals surface area contributed by atoms with Gasteiger partial charge in [-0.15, -0.1) is 0 Å². The van der Waals surface area contributed by atoms with Gasteiger partial charge in [0.15, 0.2) is 0 Å². The minimum absolute atomic E-state index is 0.107. The number of rotatable bonds is 7. The van der Waals surface area contributed by atoms with Gasteiger partial charge in [-0.25, -0.2) is 4.98 Å². The van der Waals surface area contributed by atoms with Crippen LogP contribution in [-0.4, -0.2) is 33.4 Å². The molecule has 0 aliphatic heterocycles. The Morgan fingerprint density at radius 3 is 2.17 bits per heavy atom. The number of para-hydroxylation sites is 2. The summed E-state index contributed by atoms with van der Waals surface area (Å²) in [4.78, 5) is 19.9. The lowest BCUT2D eigenvalue weighted by Crippen LogP contribution is -2.35. The molecule has 0 N–H and O–H groups in total. The van der Waals surface area contributed by atoms with Crippen LogP contribution in [0.1, 0.15) is 53.0 Å². The van der Waals surface area contributed by atoms with E-state index in [0.717, 1.165) is 48.4 Å². The van der Waals surface area contributed by atoms with Crippen molar-refractivity contribution >= 4 is 16.9 Å². The van der Waals surface area contributed by atoms with Gasteiger partial charge in [0.1, 0.15) is 12.4 Å². The van der Waals surface area contributed by atoms with E-state index in [1.807, 2.05) is 29.2 Å². The fourth-order valence-electron chi connectivity index (χ4n) is 3.71. The lowest BCUT2D eigenvalue weighted by molar-refractivity contribution is -0.131. The molecule has 0 atom stereocenters. The lowest BCUT2D eigenvalue weighted by Gasteiger charge is -2.22. The summed E-state index contributed by atoms with van der Waals surface area (Å²) in [7, 11) is 0. The number of imidazole rings is 1. The second kappa shape index (κ2) is 8.81. The van der Waals surface area contributed by atoms with Crippen LogP contribution >= 0.6 is 0 Å². The van der Waals surface area contributed by atoms with Crippen molar-refractivity contribution < 1.29 is 4.79 Å². The first kappa shape index (κ1) is 21.1. The van der Waals surface area contributed by atoms with Crippen molar-refractivity contribution in [3.8, 4) is 11.4 Å². The highest BCUT2D eigenvalue weighted by atomic mass is 16.2. The summed E-state index contributed by atoms with van der Waals surface area (Å²) in [5.41, 5.74) is 4.36. The maximum atomic E-state index is 13.1. The van der Waals surface area contributed by atoms with Gasteiger partial charge in [-0.1, -0.05) is 71.0 Å². The Hall–Kier alpha value is -2.62. The molecule has 0 fully saturated rings. The number of carbonyl (C=O) groups is 1. The molecule has 0 saturated carbocycles. The van der Waals surface area contributed by atoms with Crippen molar-refractivity contribution in [3.05, 3.63) is 54.1 Å². The van der Waals surface area contributed by atoms with Gasteiger partial charge in [-0.3, -0.25) is 4.79 Å². The summed E-state index contributed by atoms with van der Waals surface area (Å²) in [6.07, 6.45) is 1.94. The number of amides is 1. The molecule has 1 heterocycles. The van der Waals surface area contributed by atoms with Crippen LogP contribution in [0.15, 0.2) is 48.5 Å². The number of benzene rings is 2. The van der Waals surface area contributed by atoms with E-state index in [2.05, 4.69) is 63.5 Å². The van der Waals surface area contributed by atoms with Crippen LogP contribution in [0.5, 0.6) is 0 Å². The first-order chi connectivity index (χ1) is 13.8. The van der Waals surface area contributed by atoms with Crippen molar-refractivity contribution in [1.29, 1.82) is 0 Å². The zero-order valence-corrected chi connectivity index (χ0v) is 18.4. The van der Waals surface area contributed by atoms with Gasteiger partial charge in [0, 0.05) is 18.7 Å². The number of hydrogen-bond acceptors (Lipinski definition) is 2. The van der Waals surface area contributed by atoms with Gasteiger partial charge in [0.2, 0.25) is 5.91 Å². The van der Waals surface area contributed by atoms with Gasteiger partial charge < -0.3 is 9.47 Å². The fraction of sp³-hybridized carbons (Fsp3) is 0.440. The summed E-state index contributed by atoms with van der Waals surface area (Å²) in [6, 6.07) is 16.6. The second-order valence-electron chi connectivity index (χ2n) is 8.72. The quantitative estimate of drug-likeness (QED) is 0.522. The van der Waals surface area contributed by atoms with Crippen LogP contribution in [0.3, 0.4) is 0 Å².